The number of hydrogen-bond acceptors (Lipinski definition) is 3. The number of anilines is 3. The van der Waals surface area contributed by atoms with Gasteiger partial charge in [-0.3, -0.25) is 0 Å². The predicted molar refractivity (Wildman–Crippen MR) is 75.5 cm³/mol. The van der Waals surface area contributed by atoms with Crippen LogP contribution < -0.4 is 10.2 Å². The van der Waals surface area contributed by atoms with Gasteiger partial charge in [-0.15, -0.1) is 0 Å². The molecule has 1 atom stereocenters. The van der Waals surface area contributed by atoms with Crippen LogP contribution in [0, 0.1) is 6.92 Å². The van der Waals surface area contributed by atoms with Gasteiger partial charge in [-0.05, 0) is 37.6 Å². The fourth-order valence-electron chi connectivity index (χ4n) is 2.47. The van der Waals surface area contributed by atoms with Gasteiger partial charge in [0.15, 0.2) is 0 Å². The number of nitrogens with zero attached hydrogens (tertiary/aromatic N) is 2. The summed E-state index contributed by atoms with van der Waals surface area (Å²) in [5, 5.41) is 3.43. The van der Waals surface area contributed by atoms with Crippen LogP contribution in [0.15, 0.2) is 42.6 Å². The maximum Gasteiger partial charge on any atom is 0.150 e. The first-order valence-corrected chi connectivity index (χ1v) is 6.30. The van der Waals surface area contributed by atoms with Crippen molar-refractivity contribution < 1.29 is 0 Å². The molecule has 1 aromatic heterocycles. The van der Waals surface area contributed by atoms with Crippen LogP contribution in [0.1, 0.15) is 12.5 Å². The van der Waals surface area contributed by atoms with Gasteiger partial charge in [0.1, 0.15) is 5.82 Å². The molecule has 0 amide bonds. The molecule has 2 heterocycles. The van der Waals surface area contributed by atoms with E-state index in [1.54, 1.807) is 0 Å². The van der Waals surface area contributed by atoms with E-state index in [1.165, 1.54) is 11.3 Å². The van der Waals surface area contributed by atoms with Crippen molar-refractivity contribution in [2.24, 2.45) is 0 Å². The minimum atomic E-state index is 0.395. The molecule has 18 heavy (non-hydrogen) atoms. The first-order chi connectivity index (χ1) is 8.75. The number of nitrogens with one attached hydrogen (secondary N) is 1. The van der Waals surface area contributed by atoms with Crippen LogP contribution in [0.2, 0.25) is 0 Å². The minimum Gasteiger partial charge on any atom is -0.364 e. The summed E-state index contributed by atoms with van der Waals surface area (Å²) in [5.41, 5.74) is 3.71. The smallest absolute Gasteiger partial charge is 0.150 e. The highest BCUT2D eigenvalue weighted by molar-refractivity contribution is 5.77. The summed E-state index contributed by atoms with van der Waals surface area (Å²) >= 11 is 0. The summed E-state index contributed by atoms with van der Waals surface area (Å²) in [6.45, 7) is 5.30. The van der Waals surface area contributed by atoms with Crippen LogP contribution >= 0.6 is 0 Å². The maximum atomic E-state index is 4.42. The molecule has 1 aliphatic rings. The van der Waals surface area contributed by atoms with Crippen molar-refractivity contribution in [3.8, 4) is 0 Å². The summed E-state index contributed by atoms with van der Waals surface area (Å²) < 4.78 is 0. The normalized spacial score (nSPS) is 18.1. The molecule has 1 aliphatic heterocycles. The van der Waals surface area contributed by atoms with Crippen LogP contribution in [0.4, 0.5) is 17.2 Å². The summed E-state index contributed by atoms with van der Waals surface area (Å²) in [7, 11) is 0. The van der Waals surface area contributed by atoms with Crippen molar-refractivity contribution >= 4 is 17.2 Å². The minimum absolute atomic E-state index is 0.395. The fraction of sp³-hybridized carbons (Fsp3) is 0.267. The van der Waals surface area contributed by atoms with Crippen molar-refractivity contribution in [3.05, 3.63) is 48.2 Å². The molecule has 1 aromatic carbocycles. The number of pyridine rings is 1. The molecule has 3 heteroatoms. The first-order valence-electron chi connectivity index (χ1n) is 6.30. The molecule has 0 saturated carbocycles. The highest BCUT2D eigenvalue weighted by Gasteiger charge is 2.23. The predicted octanol–water partition coefficient (Wildman–Crippen LogP) is 3.34. The quantitative estimate of drug-likeness (QED) is 0.827. The van der Waals surface area contributed by atoms with E-state index in [-0.39, 0.29) is 0 Å². The highest BCUT2D eigenvalue weighted by atomic mass is 15.2. The Morgan fingerprint density at radius 2 is 1.94 bits per heavy atom. The van der Waals surface area contributed by atoms with Gasteiger partial charge in [-0.25, -0.2) is 4.98 Å². The number of aryl methyl sites for hydroxylation is 1. The molecular weight excluding hydrogens is 222 g/mol. The molecule has 3 rings (SSSR count). The van der Waals surface area contributed by atoms with E-state index in [1.807, 2.05) is 12.3 Å². The van der Waals surface area contributed by atoms with Crippen molar-refractivity contribution in [2.75, 3.05) is 16.8 Å². The van der Waals surface area contributed by atoms with Gasteiger partial charge in [-0.1, -0.05) is 18.2 Å². The number of fused-ring (bicyclic) bond motifs is 1. The van der Waals surface area contributed by atoms with Gasteiger partial charge < -0.3 is 10.2 Å². The lowest BCUT2D eigenvalue weighted by atomic mass is 10.1. The third-order valence-corrected chi connectivity index (χ3v) is 3.32. The zero-order valence-corrected chi connectivity index (χ0v) is 10.7. The van der Waals surface area contributed by atoms with Crippen molar-refractivity contribution in [3.63, 3.8) is 0 Å². The largest absolute Gasteiger partial charge is 0.364 e. The zero-order valence-electron chi connectivity index (χ0n) is 10.7. The molecule has 0 spiro atoms. The Hall–Kier alpha value is -2.03. The van der Waals surface area contributed by atoms with E-state index >= 15 is 0 Å². The Labute approximate surface area is 107 Å². The number of hydrogen-bond donors (Lipinski definition) is 1. The Morgan fingerprint density at radius 1 is 1.17 bits per heavy atom. The van der Waals surface area contributed by atoms with E-state index in [9.17, 15) is 0 Å². The van der Waals surface area contributed by atoms with Crippen molar-refractivity contribution in [1.82, 2.24) is 4.98 Å². The van der Waals surface area contributed by atoms with E-state index in [0.717, 1.165) is 18.1 Å². The van der Waals surface area contributed by atoms with E-state index < -0.39 is 0 Å². The number of aromatic nitrogens is 1. The van der Waals surface area contributed by atoms with Crippen molar-refractivity contribution in [1.29, 1.82) is 0 Å². The Kier molecular flexibility index (Phi) is 2.67. The first kappa shape index (κ1) is 11.1. The van der Waals surface area contributed by atoms with Crippen LogP contribution in [0.25, 0.3) is 0 Å². The van der Waals surface area contributed by atoms with E-state index in [0.29, 0.717) is 6.04 Å². The summed E-state index contributed by atoms with van der Waals surface area (Å²) in [4.78, 5) is 6.77. The second kappa shape index (κ2) is 4.33. The molecule has 0 unspecified atom stereocenters. The molecule has 0 bridgehead atoms. The van der Waals surface area contributed by atoms with Crippen LogP contribution in [0.5, 0.6) is 0 Å². The fourth-order valence-corrected chi connectivity index (χ4v) is 2.47. The van der Waals surface area contributed by atoms with Crippen LogP contribution in [0.3, 0.4) is 0 Å². The van der Waals surface area contributed by atoms with Gasteiger partial charge in [0, 0.05) is 24.5 Å². The Bertz CT molecular complexity index is 565. The molecule has 0 radical (unpaired) electrons. The van der Waals surface area contributed by atoms with Gasteiger partial charge in [0.25, 0.3) is 0 Å². The molecule has 92 valence electrons. The SMILES string of the molecule is Cc1ccccc1N1C[C@H](C)Nc2ncccc21. The highest BCUT2D eigenvalue weighted by Crippen LogP contribution is 2.35. The van der Waals surface area contributed by atoms with Crippen molar-refractivity contribution in [2.45, 2.75) is 19.9 Å². The number of rotatable bonds is 1. The molecule has 3 nitrogen and oxygen atoms in total. The van der Waals surface area contributed by atoms with E-state index in [4.69, 9.17) is 0 Å². The summed E-state index contributed by atoms with van der Waals surface area (Å²) in [6.07, 6.45) is 1.83. The lowest BCUT2D eigenvalue weighted by Gasteiger charge is -2.35. The van der Waals surface area contributed by atoms with Gasteiger partial charge >= 0.3 is 0 Å². The molecular formula is C15H17N3. The summed E-state index contributed by atoms with van der Waals surface area (Å²) in [6, 6.07) is 13.0. The Morgan fingerprint density at radius 3 is 2.78 bits per heavy atom. The second-order valence-corrected chi connectivity index (χ2v) is 4.81. The lowest BCUT2D eigenvalue weighted by Crippen LogP contribution is -2.37. The maximum absolute atomic E-state index is 4.42. The molecule has 0 fully saturated rings. The molecule has 1 N–H and O–H groups in total. The summed E-state index contributed by atoms with van der Waals surface area (Å²) in [5.74, 6) is 0.972. The molecule has 0 saturated heterocycles. The topological polar surface area (TPSA) is 28.2 Å². The monoisotopic (exact) mass is 239 g/mol. The van der Waals surface area contributed by atoms with Crippen LogP contribution in [-0.4, -0.2) is 17.6 Å². The zero-order chi connectivity index (χ0) is 12.5. The van der Waals surface area contributed by atoms with Gasteiger partial charge in [-0.2, -0.15) is 0 Å². The number of benzene rings is 1. The number of para-hydroxylation sites is 1. The standard InChI is InChI=1S/C15H17N3/c1-11-6-3-4-7-13(11)18-10-12(2)17-15-14(18)8-5-9-16-15/h3-9,12H,10H2,1-2H3,(H,16,17)/t12-/m0/s1. The lowest BCUT2D eigenvalue weighted by molar-refractivity contribution is 0.749. The van der Waals surface area contributed by atoms with E-state index in [2.05, 4.69) is 59.4 Å². The van der Waals surface area contributed by atoms with Gasteiger partial charge in [0.05, 0.1) is 5.69 Å². The Balaban J connectivity index is 2.11. The third-order valence-electron chi connectivity index (χ3n) is 3.32. The van der Waals surface area contributed by atoms with Crippen LogP contribution in [-0.2, 0) is 0 Å². The third kappa shape index (κ3) is 1.82. The average Bonchev–Trinajstić information content (AvgIpc) is 2.38. The molecule has 0 aliphatic carbocycles. The molecule has 2 aromatic rings. The average molecular weight is 239 g/mol. The van der Waals surface area contributed by atoms with Gasteiger partial charge in [0.2, 0.25) is 0 Å². The second-order valence-electron chi connectivity index (χ2n) is 4.81.